The molecule has 0 saturated carbocycles. The average Bonchev–Trinajstić information content (AvgIpc) is 2.24. The van der Waals surface area contributed by atoms with Crippen LogP contribution in [0.2, 0.25) is 0 Å². The maximum Gasteiger partial charge on any atom is 0.418 e. The Balaban J connectivity index is 2.98. The van der Waals surface area contributed by atoms with Gasteiger partial charge in [-0.3, -0.25) is 0 Å². The lowest BCUT2D eigenvalue weighted by Crippen LogP contribution is -2.44. The number of anilines is 1. The molecule has 0 spiro atoms. The van der Waals surface area contributed by atoms with Crippen molar-refractivity contribution in [2.45, 2.75) is 25.6 Å². The molecule has 2 nitrogen and oxygen atoms in total. The summed E-state index contributed by atoms with van der Waals surface area (Å²) < 4.78 is 39.3. The van der Waals surface area contributed by atoms with Crippen LogP contribution >= 0.6 is 15.9 Å². The lowest BCUT2D eigenvalue weighted by Gasteiger charge is -2.33. The van der Waals surface area contributed by atoms with E-state index < -0.39 is 11.7 Å². The zero-order valence-electron chi connectivity index (χ0n) is 11.4. The predicted octanol–water partition coefficient (Wildman–Crippen LogP) is 4.22. The van der Waals surface area contributed by atoms with Gasteiger partial charge in [-0.15, -0.1) is 0 Å². The van der Waals surface area contributed by atoms with Crippen molar-refractivity contribution in [1.82, 2.24) is 4.90 Å². The maximum atomic E-state index is 12.9. The Morgan fingerprint density at radius 2 is 1.79 bits per heavy atom. The smallest absolute Gasteiger partial charge is 0.383 e. The zero-order chi connectivity index (χ0) is 14.8. The van der Waals surface area contributed by atoms with E-state index in [1.54, 1.807) is 0 Å². The molecule has 6 heteroatoms. The second-order valence-corrected chi connectivity index (χ2v) is 6.16. The number of rotatable bonds is 4. The maximum absolute atomic E-state index is 12.9. The quantitative estimate of drug-likeness (QED) is 0.884. The molecule has 0 fully saturated rings. The van der Waals surface area contributed by atoms with E-state index in [1.165, 1.54) is 12.1 Å². The van der Waals surface area contributed by atoms with E-state index >= 15 is 0 Å². The fraction of sp³-hybridized carbons (Fsp3) is 0.538. The van der Waals surface area contributed by atoms with Crippen LogP contribution in [0.3, 0.4) is 0 Å². The number of nitrogens with one attached hydrogen (secondary N) is 1. The van der Waals surface area contributed by atoms with E-state index in [-0.39, 0.29) is 11.2 Å². The van der Waals surface area contributed by atoms with Crippen LogP contribution in [-0.4, -0.2) is 31.1 Å². The highest BCUT2D eigenvalue weighted by Gasteiger charge is 2.34. The molecule has 0 bridgehead atoms. The van der Waals surface area contributed by atoms with E-state index in [0.29, 0.717) is 11.0 Å². The number of likely N-dealkylation sites (N-methyl/N-ethyl adjacent to an activating group) is 1. The lowest BCUT2D eigenvalue weighted by atomic mass is 10.0. The third kappa shape index (κ3) is 4.38. The summed E-state index contributed by atoms with van der Waals surface area (Å²) in [7, 11) is 3.79. The first-order valence-corrected chi connectivity index (χ1v) is 6.61. The van der Waals surface area contributed by atoms with Gasteiger partial charge in [-0.1, -0.05) is 15.9 Å². The van der Waals surface area contributed by atoms with Gasteiger partial charge in [-0.2, -0.15) is 13.2 Å². The van der Waals surface area contributed by atoms with Gasteiger partial charge in [0, 0.05) is 22.2 Å². The van der Waals surface area contributed by atoms with Crippen molar-refractivity contribution in [3.63, 3.8) is 0 Å². The third-order valence-electron chi connectivity index (χ3n) is 3.21. The average molecular weight is 339 g/mol. The van der Waals surface area contributed by atoms with Crippen molar-refractivity contribution < 1.29 is 13.2 Å². The minimum atomic E-state index is -4.36. The molecular weight excluding hydrogens is 321 g/mol. The molecule has 19 heavy (non-hydrogen) atoms. The Hall–Kier alpha value is -0.750. The van der Waals surface area contributed by atoms with Gasteiger partial charge in [-0.05, 0) is 46.1 Å². The minimum Gasteiger partial charge on any atom is -0.383 e. The molecule has 1 N–H and O–H groups in total. The summed E-state index contributed by atoms with van der Waals surface area (Å²) in [5.74, 6) is 0. The van der Waals surface area contributed by atoms with Gasteiger partial charge in [0.05, 0.1) is 5.56 Å². The lowest BCUT2D eigenvalue weighted by molar-refractivity contribution is -0.137. The monoisotopic (exact) mass is 338 g/mol. The van der Waals surface area contributed by atoms with Crippen LogP contribution in [0.15, 0.2) is 22.7 Å². The van der Waals surface area contributed by atoms with Gasteiger partial charge in [0.2, 0.25) is 0 Å². The second kappa shape index (κ2) is 5.71. The van der Waals surface area contributed by atoms with Crippen molar-refractivity contribution >= 4 is 21.6 Å². The molecule has 0 radical (unpaired) electrons. The molecule has 0 aliphatic rings. The van der Waals surface area contributed by atoms with Crippen LogP contribution in [0, 0.1) is 0 Å². The van der Waals surface area contributed by atoms with Crippen LogP contribution in [0.5, 0.6) is 0 Å². The third-order valence-corrected chi connectivity index (χ3v) is 3.70. The van der Waals surface area contributed by atoms with Crippen LogP contribution in [0.25, 0.3) is 0 Å². The van der Waals surface area contributed by atoms with Crippen molar-refractivity contribution in [3.05, 3.63) is 28.2 Å². The molecule has 0 unspecified atom stereocenters. The highest BCUT2D eigenvalue weighted by atomic mass is 79.9. The second-order valence-electron chi connectivity index (χ2n) is 5.25. The van der Waals surface area contributed by atoms with Gasteiger partial charge < -0.3 is 10.2 Å². The molecule has 0 aromatic heterocycles. The summed E-state index contributed by atoms with van der Waals surface area (Å²) in [6.45, 7) is 4.34. The van der Waals surface area contributed by atoms with Crippen LogP contribution < -0.4 is 5.32 Å². The first-order valence-electron chi connectivity index (χ1n) is 5.82. The molecule has 0 heterocycles. The summed E-state index contributed by atoms with van der Waals surface area (Å²) in [6.07, 6.45) is -4.36. The van der Waals surface area contributed by atoms with E-state index in [1.807, 2.05) is 32.8 Å². The Labute approximate surface area is 120 Å². The molecule has 0 atom stereocenters. The summed E-state index contributed by atoms with van der Waals surface area (Å²) in [6, 6.07) is 3.93. The molecular formula is C13H18BrF3N2. The van der Waals surface area contributed by atoms with Crippen LogP contribution in [0.1, 0.15) is 19.4 Å². The largest absolute Gasteiger partial charge is 0.418 e. The summed E-state index contributed by atoms with van der Waals surface area (Å²) in [4.78, 5) is 1.96. The molecule has 0 aliphatic heterocycles. The Morgan fingerprint density at radius 1 is 1.21 bits per heavy atom. The predicted molar refractivity (Wildman–Crippen MR) is 75.4 cm³/mol. The summed E-state index contributed by atoms with van der Waals surface area (Å²) in [5, 5.41) is 2.89. The van der Waals surface area contributed by atoms with Crippen molar-refractivity contribution in [3.8, 4) is 0 Å². The highest BCUT2D eigenvalue weighted by molar-refractivity contribution is 9.10. The molecule has 1 aromatic carbocycles. The minimum absolute atomic E-state index is 0.0943. The zero-order valence-corrected chi connectivity index (χ0v) is 13.0. The van der Waals surface area contributed by atoms with E-state index in [4.69, 9.17) is 0 Å². The first-order chi connectivity index (χ1) is 8.54. The fourth-order valence-electron chi connectivity index (χ4n) is 1.38. The number of alkyl halides is 3. The standard InChI is InChI=1S/C13H18BrF3N2/c1-12(2,19(3)4)8-18-11-7-9(14)5-6-10(11)13(15,16)17/h5-7,18H,8H2,1-4H3. The Kier molecular flexibility index (Phi) is 4.90. The number of halogens is 4. The Morgan fingerprint density at radius 3 is 2.26 bits per heavy atom. The number of hydrogen-bond donors (Lipinski definition) is 1. The van der Waals surface area contributed by atoms with Crippen molar-refractivity contribution in [1.29, 1.82) is 0 Å². The normalized spacial score (nSPS) is 12.9. The van der Waals surface area contributed by atoms with Gasteiger partial charge in [0.25, 0.3) is 0 Å². The molecule has 0 amide bonds. The molecule has 0 aliphatic carbocycles. The molecule has 1 rings (SSSR count). The fourth-order valence-corrected chi connectivity index (χ4v) is 1.74. The summed E-state index contributed by atoms with van der Waals surface area (Å²) >= 11 is 3.19. The van der Waals surface area contributed by atoms with Crippen LogP contribution in [0.4, 0.5) is 18.9 Å². The molecule has 108 valence electrons. The van der Waals surface area contributed by atoms with Gasteiger partial charge in [-0.25, -0.2) is 0 Å². The van der Waals surface area contributed by atoms with Gasteiger partial charge >= 0.3 is 6.18 Å². The van der Waals surface area contributed by atoms with E-state index in [9.17, 15) is 13.2 Å². The number of nitrogens with zero attached hydrogens (tertiary/aromatic N) is 1. The van der Waals surface area contributed by atoms with Gasteiger partial charge in [0.1, 0.15) is 0 Å². The van der Waals surface area contributed by atoms with Crippen molar-refractivity contribution in [2.75, 3.05) is 26.0 Å². The van der Waals surface area contributed by atoms with Crippen LogP contribution in [-0.2, 0) is 6.18 Å². The van der Waals surface area contributed by atoms with Crippen molar-refractivity contribution in [2.24, 2.45) is 0 Å². The van der Waals surface area contributed by atoms with E-state index in [0.717, 1.165) is 6.07 Å². The molecule has 0 saturated heterocycles. The number of hydrogen-bond acceptors (Lipinski definition) is 2. The SMILES string of the molecule is CN(C)C(C)(C)CNc1cc(Br)ccc1C(F)(F)F. The first kappa shape index (κ1) is 16.3. The Bertz CT molecular complexity index is 442. The summed E-state index contributed by atoms with van der Waals surface area (Å²) in [5.41, 5.74) is -0.799. The highest BCUT2D eigenvalue weighted by Crippen LogP contribution is 2.36. The van der Waals surface area contributed by atoms with Gasteiger partial charge in [0.15, 0.2) is 0 Å². The number of benzene rings is 1. The topological polar surface area (TPSA) is 15.3 Å². The van der Waals surface area contributed by atoms with E-state index in [2.05, 4.69) is 21.2 Å². The molecule has 1 aromatic rings.